The molecule has 2 atom stereocenters. The van der Waals surface area contributed by atoms with Crippen LogP contribution in [0.4, 0.5) is 0 Å². The summed E-state index contributed by atoms with van der Waals surface area (Å²) < 4.78 is 0. The summed E-state index contributed by atoms with van der Waals surface area (Å²) in [4.78, 5) is 11.9. The number of nitrogens with one attached hydrogen (secondary N) is 2. The molecule has 0 fully saturated rings. The van der Waals surface area contributed by atoms with Crippen molar-refractivity contribution in [1.82, 2.24) is 10.6 Å². The molecule has 2 unspecified atom stereocenters. The van der Waals surface area contributed by atoms with E-state index in [-0.39, 0.29) is 24.2 Å². The number of hydrogen-bond donors (Lipinski definition) is 2. The van der Waals surface area contributed by atoms with Gasteiger partial charge in [-0.05, 0) is 31.5 Å². The van der Waals surface area contributed by atoms with Crippen LogP contribution >= 0.6 is 12.4 Å². The number of rotatable bonds is 4. The van der Waals surface area contributed by atoms with Crippen LogP contribution in [0.15, 0.2) is 24.3 Å². The molecule has 1 aromatic carbocycles. The predicted molar refractivity (Wildman–Crippen MR) is 71.7 cm³/mol. The summed E-state index contributed by atoms with van der Waals surface area (Å²) in [5.41, 5.74) is 2.50. The number of benzene rings is 1. The lowest BCUT2D eigenvalue weighted by molar-refractivity contribution is -0.123. The molecule has 0 saturated carbocycles. The lowest BCUT2D eigenvalue weighted by Crippen LogP contribution is -2.41. The molecule has 94 valence electrons. The Bertz CT molecular complexity index is 395. The Morgan fingerprint density at radius 1 is 1.47 bits per heavy atom. The summed E-state index contributed by atoms with van der Waals surface area (Å²) in [6, 6.07) is 8.48. The van der Waals surface area contributed by atoms with E-state index < -0.39 is 0 Å². The number of halogens is 1. The van der Waals surface area contributed by atoms with Crippen LogP contribution in [-0.4, -0.2) is 25.5 Å². The van der Waals surface area contributed by atoms with Crippen molar-refractivity contribution in [2.24, 2.45) is 0 Å². The second-order valence-electron chi connectivity index (χ2n) is 4.39. The molecule has 0 aliphatic heterocycles. The third kappa shape index (κ3) is 2.99. The van der Waals surface area contributed by atoms with E-state index in [9.17, 15) is 4.79 Å². The highest BCUT2D eigenvalue weighted by Crippen LogP contribution is 2.34. The average molecular weight is 255 g/mol. The van der Waals surface area contributed by atoms with Crippen molar-refractivity contribution in [2.75, 3.05) is 13.6 Å². The number of carbonyl (C=O) groups excluding carboxylic acids is 1. The number of hydrogen-bond acceptors (Lipinski definition) is 2. The van der Waals surface area contributed by atoms with Crippen LogP contribution in [-0.2, 0) is 11.2 Å². The Hall–Kier alpha value is -1.06. The fourth-order valence-corrected chi connectivity index (χ4v) is 1.97. The van der Waals surface area contributed by atoms with Crippen molar-refractivity contribution in [3.63, 3.8) is 0 Å². The van der Waals surface area contributed by atoms with E-state index in [0.717, 1.165) is 6.42 Å². The summed E-state index contributed by atoms with van der Waals surface area (Å²) in [6.07, 6.45) is 0.885. The maximum Gasteiger partial charge on any atom is 0.227 e. The molecule has 0 spiro atoms. The number of carbonyl (C=O) groups is 1. The number of amides is 1. The fraction of sp³-hybridized carbons (Fsp3) is 0.462. The van der Waals surface area contributed by atoms with E-state index in [0.29, 0.717) is 12.6 Å². The number of likely N-dealkylation sites (N-methyl/N-ethyl adjacent to an activating group) is 1. The molecule has 1 amide bonds. The maximum absolute atomic E-state index is 11.9. The van der Waals surface area contributed by atoms with Gasteiger partial charge in [-0.2, -0.15) is 0 Å². The van der Waals surface area contributed by atoms with Crippen molar-refractivity contribution in [1.29, 1.82) is 0 Å². The third-order valence-electron chi connectivity index (χ3n) is 3.25. The molecule has 0 saturated heterocycles. The monoisotopic (exact) mass is 254 g/mol. The fourth-order valence-electron chi connectivity index (χ4n) is 1.97. The Labute approximate surface area is 108 Å². The van der Waals surface area contributed by atoms with Gasteiger partial charge in [0.2, 0.25) is 5.91 Å². The van der Waals surface area contributed by atoms with Gasteiger partial charge in [0.15, 0.2) is 0 Å². The van der Waals surface area contributed by atoms with Gasteiger partial charge in [-0.25, -0.2) is 0 Å². The summed E-state index contributed by atoms with van der Waals surface area (Å²) in [7, 11) is 1.90. The summed E-state index contributed by atoms with van der Waals surface area (Å²) >= 11 is 0. The van der Waals surface area contributed by atoms with Gasteiger partial charge in [-0.3, -0.25) is 4.79 Å². The van der Waals surface area contributed by atoms with Crippen LogP contribution in [0.2, 0.25) is 0 Å². The Kier molecular flexibility index (Phi) is 4.97. The highest BCUT2D eigenvalue weighted by atomic mass is 35.5. The van der Waals surface area contributed by atoms with Crippen molar-refractivity contribution >= 4 is 18.3 Å². The van der Waals surface area contributed by atoms with E-state index >= 15 is 0 Å². The Morgan fingerprint density at radius 3 is 2.82 bits per heavy atom. The summed E-state index contributed by atoms with van der Waals surface area (Å²) in [5.74, 6) is 0.223. The molecule has 1 aromatic rings. The first-order valence-corrected chi connectivity index (χ1v) is 5.75. The van der Waals surface area contributed by atoms with Gasteiger partial charge in [-0.1, -0.05) is 24.3 Å². The van der Waals surface area contributed by atoms with Crippen molar-refractivity contribution in [2.45, 2.75) is 25.3 Å². The maximum atomic E-state index is 11.9. The van der Waals surface area contributed by atoms with E-state index in [2.05, 4.69) is 23.6 Å². The van der Waals surface area contributed by atoms with Crippen molar-refractivity contribution in [3.05, 3.63) is 35.4 Å². The van der Waals surface area contributed by atoms with Gasteiger partial charge in [0, 0.05) is 12.6 Å². The second kappa shape index (κ2) is 6.03. The van der Waals surface area contributed by atoms with Gasteiger partial charge in [-0.15, -0.1) is 12.4 Å². The zero-order valence-corrected chi connectivity index (χ0v) is 11.0. The Balaban J connectivity index is 0.00000144. The molecule has 0 heterocycles. The molecule has 17 heavy (non-hydrogen) atoms. The van der Waals surface area contributed by atoms with Crippen LogP contribution in [0, 0.1) is 0 Å². The van der Waals surface area contributed by atoms with Crippen LogP contribution in [0.3, 0.4) is 0 Å². The second-order valence-corrected chi connectivity index (χ2v) is 4.39. The lowest BCUT2D eigenvalue weighted by Gasteiger charge is -2.29. The summed E-state index contributed by atoms with van der Waals surface area (Å²) in [5, 5.41) is 6.07. The molecule has 2 N–H and O–H groups in total. The van der Waals surface area contributed by atoms with Crippen molar-refractivity contribution < 1.29 is 4.79 Å². The van der Waals surface area contributed by atoms with E-state index in [4.69, 9.17) is 0 Å². The molecule has 2 rings (SSSR count). The lowest BCUT2D eigenvalue weighted by atomic mass is 9.77. The van der Waals surface area contributed by atoms with Crippen molar-refractivity contribution in [3.8, 4) is 0 Å². The van der Waals surface area contributed by atoms with E-state index in [1.54, 1.807) is 0 Å². The van der Waals surface area contributed by atoms with E-state index in [1.807, 2.05) is 25.2 Å². The molecular formula is C13H19ClN2O. The first kappa shape index (κ1) is 14.0. The predicted octanol–water partition coefficient (Wildman–Crippen LogP) is 1.47. The minimum absolute atomic E-state index is 0. The van der Waals surface area contributed by atoms with Crippen LogP contribution in [0.1, 0.15) is 24.0 Å². The first-order valence-electron chi connectivity index (χ1n) is 5.75. The van der Waals surface area contributed by atoms with Gasteiger partial charge in [0.1, 0.15) is 0 Å². The van der Waals surface area contributed by atoms with Crippen LogP contribution < -0.4 is 10.6 Å². The average Bonchev–Trinajstić information content (AvgIpc) is 2.27. The quantitative estimate of drug-likeness (QED) is 0.855. The minimum atomic E-state index is 0. The standard InChI is InChI=1S/C13H18N2O.ClH/c1-9(14-2)8-15-13(16)12-7-10-5-3-4-6-11(10)12;/h3-6,9,12,14H,7-8H2,1-2H3,(H,15,16);1H. The zero-order chi connectivity index (χ0) is 11.5. The Morgan fingerprint density at radius 2 is 2.18 bits per heavy atom. The van der Waals surface area contributed by atoms with Gasteiger partial charge in [0.05, 0.1) is 5.92 Å². The molecule has 3 nitrogen and oxygen atoms in total. The number of fused-ring (bicyclic) bond motifs is 1. The van der Waals surface area contributed by atoms with Gasteiger partial charge in [0.25, 0.3) is 0 Å². The SMILES string of the molecule is CNC(C)CNC(=O)C1Cc2ccccc21.Cl. The van der Waals surface area contributed by atoms with Crippen LogP contribution in [0.25, 0.3) is 0 Å². The van der Waals surface area contributed by atoms with Gasteiger partial charge >= 0.3 is 0 Å². The molecule has 1 aliphatic rings. The van der Waals surface area contributed by atoms with E-state index in [1.165, 1.54) is 11.1 Å². The largest absolute Gasteiger partial charge is 0.354 e. The molecule has 0 aromatic heterocycles. The topological polar surface area (TPSA) is 41.1 Å². The molecule has 4 heteroatoms. The molecular weight excluding hydrogens is 236 g/mol. The highest BCUT2D eigenvalue weighted by molar-refractivity contribution is 5.86. The smallest absolute Gasteiger partial charge is 0.227 e. The third-order valence-corrected chi connectivity index (χ3v) is 3.25. The summed E-state index contributed by atoms with van der Waals surface area (Å²) in [6.45, 7) is 2.74. The van der Waals surface area contributed by atoms with Gasteiger partial charge < -0.3 is 10.6 Å². The van der Waals surface area contributed by atoms with Crippen LogP contribution in [0.5, 0.6) is 0 Å². The molecule has 0 radical (unpaired) electrons. The minimum Gasteiger partial charge on any atom is -0.354 e. The molecule has 0 bridgehead atoms. The zero-order valence-electron chi connectivity index (χ0n) is 10.2. The first-order chi connectivity index (χ1) is 7.72. The molecule has 1 aliphatic carbocycles. The highest BCUT2D eigenvalue weighted by Gasteiger charge is 2.31. The normalized spacial score (nSPS) is 18.4.